The Morgan fingerprint density at radius 1 is 1.47 bits per heavy atom. The average Bonchev–Trinajstić information content (AvgIpc) is 2.81. The third-order valence-electron chi connectivity index (χ3n) is 3.03. The van der Waals surface area contributed by atoms with Gasteiger partial charge in [-0.05, 0) is 12.8 Å². The summed E-state index contributed by atoms with van der Waals surface area (Å²) in [6.07, 6.45) is 4.47. The summed E-state index contributed by atoms with van der Waals surface area (Å²) < 4.78 is 5.09. The van der Waals surface area contributed by atoms with Crippen molar-refractivity contribution in [3.63, 3.8) is 0 Å². The van der Waals surface area contributed by atoms with Crippen molar-refractivity contribution < 1.29 is 14.6 Å². The van der Waals surface area contributed by atoms with Crippen LogP contribution in [0.4, 0.5) is 0 Å². The number of carbonyl (C=O) groups is 1. The van der Waals surface area contributed by atoms with E-state index in [9.17, 15) is 4.79 Å². The zero-order valence-electron chi connectivity index (χ0n) is 9.85. The molecule has 1 aliphatic carbocycles. The molecule has 5 heteroatoms. The number of aromatic nitrogens is 2. The monoisotopic (exact) mass is 236 g/mol. The van der Waals surface area contributed by atoms with Crippen molar-refractivity contribution in [2.24, 2.45) is 0 Å². The van der Waals surface area contributed by atoms with Crippen LogP contribution in [0.15, 0.2) is 6.07 Å². The number of aliphatic carboxylic acids is 1. The zero-order valence-corrected chi connectivity index (χ0v) is 9.85. The molecule has 0 aliphatic heterocycles. The highest BCUT2D eigenvalue weighted by atomic mass is 16.5. The van der Waals surface area contributed by atoms with E-state index in [1.54, 1.807) is 6.07 Å². The molecule has 0 radical (unpaired) electrons. The Hall–Kier alpha value is -1.65. The summed E-state index contributed by atoms with van der Waals surface area (Å²) in [6, 6.07) is 1.59. The Morgan fingerprint density at radius 2 is 2.18 bits per heavy atom. The number of methoxy groups -OCH3 is 1. The predicted molar refractivity (Wildman–Crippen MR) is 61.1 cm³/mol. The molecule has 17 heavy (non-hydrogen) atoms. The van der Waals surface area contributed by atoms with E-state index in [0.717, 1.165) is 18.7 Å². The molecule has 0 unspecified atom stereocenters. The fraction of sp³-hybridized carbons (Fsp3) is 0.583. The van der Waals surface area contributed by atoms with Crippen LogP contribution in [-0.4, -0.2) is 28.2 Å². The Balaban J connectivity index is 2.27. The Kier molecular flexibility index (Phi) is 3.56. The van der Waals surface area contributed by atoms with Crippen LogP contribution in [0.5, 0.6) is 5.88 Å². The fourth-order valence-electron chi connectivity index (χ4n) is 2.21. The second kappa shape index (κ2) is 5.12. The molecule has 0 spiro atoms. The quantitative estimate of drug-likeness (QED) is 0.862. The SMILES string of the molecule is COc1cc(CC(=O)O)nc(C2CCCC2)n1. The van der Waals surface area contributed by atoms with E-state index < -0.39 is 5.97 Å². The van der Waals surface area contributed by atoms with E-state index in [1.807, 2.05) is 0 Å². The number of rotatable bonds is 4. The fourth-order valence-corrected chi connectivity index (χ4v) is 2.21. The molecule has 0 aromatic carbocycles. The molecule has 1 aromatic rings. The lowest BCUT2D eigenvalue weighted by Crippen LogP contribution is -2.08. The molecule has 1 aliphatic rings. The standard InChI is InChI=1S/C12H16N2O3/c1-17-10-6-9(7-11(15)16)13-12(14-10)8-4-2-3-5-8/h6,8H,2-5,7H2,1H3,(H,15,16). The maximum absolute atomic E-state index is 10.7. The highest BCUT2D eigenvalue weighted by Crippen LogP contribution is 2.32. The maximum atomic E-state index is 10.7. The van der Waals surface area contributed by atoms with Gasteiger partial charge in [0.2, 0.25) is 5.88 Å². The summed E-state index contributed by atoms with van der Waals surface area (Å²) in [5, 5.41) is 8.79. The molecule has 1 fully saturated rings. The Labute approximate surface area is 99.9 Å². The van der Waals surface area contributed by atoms with Crippen LogP contribution in [0.2, 0.25) is 0 Å². The summed E-state index contributed by atoms with van der Waals surface area (Å²) in [6.45, 7) is 0. The minimum absolute atomic E-state index is 0.0847. The molecule has 1 aromatic heterocycles. The normalized spacial score (nSPS) is 16.1. The van der Waals surface area contributed by atoms with Crippen LogP contribution >= 0.6 is 0 Å². The number of carboxylic acids is 1. The summed E-state index contributed by atoms with van der Waals surface area (Å²) in [5.74, 6) is 0.664. The first kappa shape index (κ1) is 11.8. The lowest BCUT2D eigenvalue weighted by Gasteiger charge is -2.10. The highest BCUT2D eigenvalue weighted by molar-refractivity contribution is 5.69. The van der Waals surface area contributed by atoms with Gasteiger partial charge >= 0.3 is 5.97 Å². The van der Waals surface area contributed by atoms with Gasteiger partial charge in [-0.15, -0.1) is 0 Å². The molecular weight excluding hydrogens is 220 g/mol. The molecule has 0 amide bonds. The zero-order chi connectivity index (χ0) is 12.3. The first-order chi connectivity index (χ1) is 8.19. The van der Waals surface area contributed by atoms with Crippen LogP contribution in [0, 0.1) is 0 Å². The van der Waals surface area contributed by atoms with Crippen molar-refractivity contribution >= 4 is 5.97 Å². The van der Waals surface area contributed by atoms with Gasteiger partial charge in [0, 0.05) is 12.0 Å². The van der Waals surface area contributed by atoms with E-state index in [-0.39, 0.29) is 6.42 Å². The van der Waals surface area contributed by atoms with Gasteiger partial charge in [-0.2, -0.15) is 4.98 Å². The average molecular weight is 236 g/mol. The van der Waals surface area contributed by atoms with Crippen LogP contribution in [-0.2, 0) is 11.2 Å². The molecule has 0 saturated heterocycles. The molecule has 0 atom stereocenters. The van der Waals surface area contributed by atoms with Gasteiger partial charge < -0.3 is 9.84 Å². The minimum Gasteiger partial charge on any atom is -0.481 e. The first-order valence-electron chi connectivity index (χ1n) is 5.82. The third kappa shape index (κ3) is 2.93. The molecule has 1 heterocycles. The van der Waals surface area contributed by atoms with E-state index in [0.29, 0.717) is 17.5 Å². The van der Waals surface area contributed by atoms with Crippen molar-refractivity contribution in [2.45, 2.75) is 38.0 Å². The maximum Gasteiger partial charge on any atom is 0.309 e. The van der Waals surface area contributed by atoms with E-state index in [1.165, 1.54) is 20.0 Å². The van der Waals surface area contributed by atoms with Crippen molar-refractivity contribution in [1.82, 2.24) is 9.97 Å². The second-order valence-electron chi connectivity index (χ2n) is 4.31. The topological polar surface area (TPSA) is 72.3 Å². The van der Waals surface area contributed by atoms with Crippen molar-refractivity contribution in [2.75, 3.05) is 7.11 Å². The predicted octanol–water partition coefficient (Wildman–Crippen LogP) is 1.77. The molecular formula is C12H16N2O3. The van der Waals surface area contributed by atoms with E-state index in [4.69, 9.17) is 9.84 Å². The lowest BCUT2D eigenvalue weighted by molar-refractivity contribution is -0.136. The minimum atomic E-state index is -0.886. The molecule has 2 rings (SSSR count). The van der Waals surface area contributed by atoms with Crippen molar-refractivity contribution in [3.05, 3.63) is 17.6 Å². The van der Waals surface area contributed by atoms with E-state index in [2.05, 4.69) is 9.97 Å². The van der Waals surface area contributed by atoms with Crippen molar-refractivity contribution in [1.29, 1.82) is 0 Å². The highest BCUT2D eigenvalue weighted by Gasteiger charge is 2.21. The van der Waals surface area contributed by atoms with Crippen LogP contribution in [0.1, 0.15) is 43.1 Å². The first-order valence-corrected chi connectivity index (χ1v) is 5.82. The van der Waals surface area contributed by atoms with E-state index >= 15 is 0 Å². The number of carboxylic acid groups (broad SMARTS) is 1. The Morgan fingerprint density at radius 3 is 2.76 bits per heavy atom. The summed E-state index contributed by atoms with van der Waals surface area (Å²) >= 11 is 0. The summed E-state index contributed by atoms with van der Waals surface area (Å²) in [5.41, 5.74) is 0.520. The number of ether oxygens (including phenoxy) is 1. The second-order valence-corrected chi connectivity index (χ2v) is 4.31. The van der Waals surface area contributed by atoms with Crippen LogP contribution in [0.3, 0.4) is 0 Å². The molecule has 0 bridgehead atoms. The van der Waals surface area contributed by atoms with Gasteiger partial charge in [-0.1, -0.05) is 12.8 Å². The van der Waals surface area contributed by atoms with Crippen LogP contribution in [0.25, 0.3) is 0 Å². The number of hydrogen-bond acceptors (Lipinski definition) is 4. The molecule has 1 N–H and O–H groups in total. The smallest absolute Gasteiger partial charge is 0.309 e. The molecule has 92 valence electrons. The van der Waals surface area contributed by atoms with Gasteiger partial charge in [0.1, 0.15) is 5.82 Å². The van der Waals surface area contributed by atoms with Gasteiger partial charge in [-0.3, -0.25) is 4.79 Å². The lowest BCUT2D eigenvalue weighted by atomic mass is 10.1. The number of nitrogens with zero attached hydrogens (tertiary/aromatic N) is 2. The summed E-state index contributed by atoms with van der Waals surface area (Å²) in [7, 11) is 1.53. The van der Waals surface area contributed by atoms with Gasteiger partial charge in [0.15, 0.2) is 0 Å². The van der Waals surface area contributed by atoms with Gasteiger partial charge in [-0.25, -0.2) is 4.98 Å². The van der Waals surface area contributed by atoms with Crippen LogP contribution < -0.4 is 4.74 Å². The number of hydrogen-bond donors (Lipinski definition) is 1. The van der Waals surface area contributed by atoms with Gasteiger partial charge in [0.05, 0.1) is 19.2 Å². The molecule has 1 saturated carbocycles. The van der Waals surface area contributed by atoms with Crippen molar-refractivity contribution in [3.8, 4) is 5.88 Å². The third-order valence-corrected chi connectivity index (χ3v) is 3.03. The Bertz CT molecular complexity index is 414. The molecule has 5 nitrogen and oxygen atoms in total. The summed E-state index contributed by atoms with van der Waals surface area (Å²) in [4.78, 5) is 19.3. The van der Waals surface area contributed by atoms with Gasteiger partial charge in [0.25, 0.3) is 0 Å². The largest absolute Gasteiger partial charge is 0.481 e.